The van der Waals surface area contributed by atoms with Crippen molar-refractivity contribution in [3.8, 4) is 17.1 Å². The first-order chi connectivity index (χ1) is 9.28. The summed E-state index contributed by atoms with van der Waals surface area (Å²) in [7, 11) is 0. The molecule has 0 aliphatic carbocycles. The standard InChI is InChI=1S/C13H12N4OS/c1-2-18-10-5-3-9(4-6-10)13-15-14-11-7-8-12(19)16-17(11)13/h3-8H,2H2,1H3,(H,16,19). The second-order valence-corrected chi connectivity index (χ2v) is 4.42. The summed E-state index contributed by atoms with van der Waals surface area (Å²) in [5.74, 6) is 1.57. The second kappa shape index (κ2) is 4.81. The van der Waals surface area contributed by atoms with E-state index in [4.69, 9.17) is 17.0 Å². The smallest absolute Gasteiger partial charge is 0.183 e. The minimum Gasteiger partial charge on any atom is -0.494 e. The summed E-state index contributed by atoms with van der Waals surface area (Å²) in [6.07, 6.45) is 0. The Morgan fingerprint density at radius 3 is 2.68 bits per heavy atom. The van der Waals surface area contributed by atoms with Crippen LogP contribution in [0.1, 0.15) is 6.92 Å². The van der Waals surface area contributed by atoms with Crippen molar-refractivity contribution in [3.63, 3.8) is 0 Å². The average molecular weight is 272 g/mol. The Balaban J connectivity index is 2.08. The molecule has 19 heavy (non-hydrogen) atoms. The molecule has 0 atom stereocenters. The molecular weight excluding hydrogens is 260 g/mol. The fourth-order valence-electron chi connectivity index (χ4n) is 1.87. The van der Waals surface area contributed by atoms with Gasteiger partial charge in [-0.15, -0.1) is 10.2 Å². The molecule has 3 rings (SSSR count). The number of rotatable bonds is 3. The Kier molecular flexibility index (Phi) is 3.00. The molecular formula is C13H12N4OS. The summed E-state index contributed by atoms with van der Waals surface area (Å²) in [5, 5.41) is 11.3. The molecule has 0 fully saturated rings. The highest BCUT2D eigenvalue weighted by Gasteiger charge is 2.08. The van der Waals surface area contributed by atoms with E-state index in [0.29, 0.717) is 11.2 Å². The maximum atomic E-state index is 5.42. The van der Waals surface area contributed by atoms with Crippen LogP contribution in [0.25, 0.3) is 17.0 Å². The molecule has 0 saturated heterocycles. The molecule has 0 amide bonds. The minimum absolute atomic E-state index is 0.638. The Morgan fingerprint density at radius 2 is 1.95 bits per heavy atom. The van der Waals surface area contributed by atoms with Gasteiger partial charge in [0.2, 0.25) is 0 Å². The Labute approximate surface area is 114 Å². The third-order valence-corrected chi connectivity index (χ3v) is 2.94. The van der Waals surface area contributed by atoms with Crippen LogP contribution in [-0.2, 0) is 0 Å². The number of hydrogen-bond acceptors (Lipinski definition) is 4. The molecule has 5 nitrogen and oxygen atoms in total. The Hall–Kier alpha value is -2.21. The van der Waals surface area contributed by atoms with Crippen LogP contribution >= 0.6 is 12.2 Å². The number of ether oxygens (including phenoxy) is 1. The predicted molar refractivity (Wildman–Crippen MR) is 74.8 cm³/mol. The number of H-pyrrole nitrogens is 1. The molecule has 1 aromatic carbocycles. The van der Waals surface area contributed by atoms with Crippen molar-refractivity contribution in [2.45, 2.75) is 6.92 Å². The molecule has 0 unspecified atom stereocenters. The van der Waals surface area contributed by atoms with E-state index in [1.165, 1.54) is 0 Å². The summed E-state index contributed by atoms with van der Waals surface area (Å²) < 4.78 is 7.83. The van der Waals surface area contributed by atoms with Crippen LogP contribution in [0.2, 0.25) is 0 Å². The van der Waals surface area contributed by atoms with E-state index in [-0.39, 0.29) is 0 Å². The normalized spacial score (nSPS) is 10.8. The van der Waals surface area contributed by atoms with E-state index in [1.807, 2.05) is 37.3 Å². The molecule has 0 bridgehead atoms. The van der Waals surface area contributed by atoms with Gasteiger partial charge in [-0.2, -0.15) is 0 Å². The molecule has 2 aromatic heterocycles. The summed E-state index contributed by atoms with van der Waals surface area (Å²) in [6, 6.07) is 11.4. The molecule has 3 aromatic rings. The Bertz CT molecular complexity index is 760. The molecule has 0 radical (unpaired) electrons. The maximum Gasteiger partial charge on any atom is 0.183 e. The first-order valence-corrected chi connectivity index (χ1v) is 6.36. The summed E-state index contributed by atoms with van der Waals surface area (Å²) in [4.78, 5) is 0. The van der Waals surface area contributed by atoms with Crippen LogP contribution in [0.5, 0.6) is 5.75 Å². The maximum absolute atomic E-state index is 5.42. The van der Waals surface area contributed by atoms with Gasteiger partial charge in [-0.3, -0.25) is 5.10 Å². The van der Waals surface area contributed by atoms with Crippen LogP contribution in [0, 0.1) is 4.64 Å². The van der Waals surface area contributed by atoms with E-state index < -0.39 is 0 Å². The van der Waals surface area contributed by atoms with Gasteiger partial charge in [0.25, 0.3) is 0 Å². The van der Waals surface area contributed by atoms with Gasteiger partial charge in [0.1, 0.15) is 10.4 Å². The number of aromatic nitrogens is 4. The van der Waals surface area contributed by atoms with Crippen molar-refractivity contribution in [1.29, 1.82) is 0 Å². The van der Waals surface area contributed by atoms with Gasteiger partial charge < -0.3 is 4.74 Å². The van der Waals surface area contributed by atoms with Crippen molar-refractivity contribution >= 4 is 17.9 Å². The highest BCUT2D eigenvalue weighted by Crippen LogP contribution is 2.20. The zero-order valence-corrected chi connectivity index (χ0v) is 11.1. The lowest BCUT2D eigenvalue weighted by molar-refractivity contribution is 0.340. The van der Waals surface area contributed by atoms with E-state index in [0.717, 1.165) is 22.8 Å². The fourth-order valence-corrected chi connectivity index (χ4v) is 2.03. The summed E-state index contributed by atoms with van der Waals surface area (Å²) >= 11 is 5.12. The van der Waals surface area contributed by atoms with Crippen LogP contribution in [0.3, 0.4) is 0 Å². The molecule has 0 aliphatic rings. The van der Waals surface area contributed by atoms with Crippen molar-refractivity contribution in [2.24, 2.45) is 0 Å². The molecule has 6 heteroatoms. The lowest BCUT2D eigenvalue weighted by atomic mass is 10.2. The average Bonchev–Trinajstić information content (AvgIpc) is 2.83. The van der Waals surface area contributed by atoms with Crippen LogP contribution in [0.4, 0.5) is 0 Å². The van der Waals surface area contributed by atoms with Crippen molar-refractivity contribution < 1.29 is 4.74 Å². The highest BCUT2D eigenvalue weighted by atomic mass is 32.1. The van der Waals surface area contributed by atoms with Gasteiger partial charge in [0, 0.05) is 5.56 Å². The lowest BCUT2D eigenvalue weighted by Crippen LogP contribution is -1.95. The summed E-state index contributed by atoms with van der Waals surface area (Å²) in [6.45, 7) is 2.61. The van der Waals surface area contributed by atoms with Crippen molar-refractivity contribution in [2.75, 3.05) is 6.61 Å². The lowest BCUT2D eigenvalue weighted by Gasteiger charge is -2.04. The van der Waals surface area contributed by atoms with Crippen molar-refractivity contribution in [1.82, 2.24) is 19.8 Å². The van der Waals surface area contributed by atoms with Gasteiger partial charge in [0.05, 0.1) is 6.61 Å². The number of nitrogens with zero attached hydrogens (tertiary/aromatic N) is 3. The zero-order valence-electron chi connectivity index (χ0n) is 10.3. The molecule has 0 spiro atoms. The molecule has 1 N–H and O–H groups in total. The van der Waals surface area contributed by atoms with Crippen molar-refractivity contribution in [3.05, 3.63) is 41.0 Å². The van der Waals surface area contributed by atoms with E-state index in [1.54, 1.807) is 10.6 Å². The van der Waals surface area contributed by atoms with Gasteiger partial charge in [-0.1, -0.05) is 12.2 Å². The topological polar surface area (TPSA) is 55.2 Å². The predicted octanol–water partition coefficient (Wildman–Crippen LogP) is 2.85. The monoisotopic (exact) mass is 272 g/mol. The first kappa shape index (κ1) is 11.9. The summed E-state index contributed by atoms with van der Waals surface area (Å²) in [5.41, 5.74) is 1.69. The van der Waals surface area contributed by atoms with Crippen LogP contribution < -0.4 is 4.74 Å². The van der Waals surface area contributed by atoms with Crippen LogP contribution in [0.15, 0.2) is 36.4 Å². The zero-order chi connectivity index (χ0) is 13.2. The first-order valence-electron chi connectivity index (χ1n) is 5.95. The molecule has 0 aliphatic heterocycles. The SMILES string of the molecule is CCOc1ccc(-c2nnc3ccc(=S)[nH]n23)cc1. The quantitative estimate of drug-likeness (QED) is 0.745. The van der Waals surface area contributed by atoms with E-state index in [2.05, 4.69) is 15.3 Å². The Morgan fingerprint density at radius 1 is 1.16 bits per heavy atom. The minimum atomic E-state index is 0.638. The third-order valence-electron chi connectivity index (χ3n) is 2.72. The van der Waals surface area contributed by atoms with Gasteiger partial charge >= 0.3 is 0 Å². The number of nitrogens with one attached hydrogen (secondary N) is 1. The molecule has 96 valence electrons. The van der Waals surface area contributed by atoms with Crippen LogP contribution in [-0.4, -0.2) is 26.4 Å². The number of hydrogen-bond donors (Lipinski definition) is 1. The molecule has 0 saturated carbocycles. The highest BCUT2D eigenvalue weighted by molar-refractivity contribution is 7.71. The van der Waals surface area contributed by atoms with Gasteiger partial charge in [0.15, 0.2) is 11.5 Å². The number of aromatic amines is 1. The van der Waals surface area contributed by atoms with Gasteiger partial charge in [-0.25, -0.2) is 4.52 Å². The largest absolute Gasteiger partial charge is 0.494 e. The van der Waals surface area contributed by atoms with Gasteiger partial charge in [-0.05, 0) is 43.3 Å². The molecule has 2 heterocycles. The number of benzene rings is 1. The van der Waals surface area contributed by atoms with E-state index >= 15 is 0 Å². The fraction of sp³-hybridized carbons (Fsp3) is 0.154. The van der Waals surface area contributed by atoms with E-state index in [9.17, 15) is 0 Å². The third kappa shape index (κ3) is 2.22. The number of fused-ring (bicyclic) bond motifs is 1. The second-order valence-electron chi connectivity index (χ2n) is 3.98.